The summed E-state index contributed by atoms with van der Waals surface area (Å²) >= 11 is 0. The second-order valence-corrected chi connectivity index (χ2v) is 8.65. The zero-order chi connectivity index (χ0) is 16.8. The molecule has 0 N–H and O–H groups in total. The molecule has 0 aromatic carbocycles. The van der Waals surface area contributed by atoms with Crippen LogP contribution in [0.4, 0.5) is 0 Å². The van der Waals surface area contributed by atoms with Gasteiger partial charge in [0.2, 0.25) is 0 Å². The monoisotopic (exact) mass is 316 g/mol. The molecule has 0 aromatic heterocycles. The Morgan fingerprint density at radius 2 is 1.96 bits per heavy atom. The highest BCUT2D eigenvalue weighted by Gasteiger charge is 2.56. The van der Waals surface area contributed by atoms with E-state index in [-0.39, 0.29) is 16.8 Å². The van der Waals surface area contributed by atoms with Crippen molar-refractivity contribution < 1.29 is 9.53 Å². The summed E-state index contributed by atoms with van der Waals surface area (Å²) in [5, 5.41) is 0. The highest BCUT2D eigenvalue weighted by atomic mass is 16.5. The van der Waals surface area contributed by atoms with Gasteiger partial charge in [0.25, 0.3) is 0 Å². The number of hydrogen-bond acceptors (Lipinski definition) is 2. The van der Waals surface area contributed by atoms with Crippen LogP contribution >= 0.6 is 0 Å². The number of hydrogen-bond donors (Lipinski definition) is 0. The van der Waals surface area contributed by atoms with Crippen molar-refractivity contribution in [3.8, 4) is 0 Å². The lowest BCUT2D eigenvalue weighted by molar-refractivity contribution is -0.163. The van der Waals surface area contributed by atoms with Gasteiger partial charge in [0.15, 0.2) is 0 Å². The van der Waals surface area contributed by atoms with Crippen LogP contribution in [-0.2, 0) is 9.53 Å². The standard InChI is InChI=1S/C21H32O2/c1-14(2)15-7-9-17-16(13-15)8-10-18-20(17,3)11-6-12-21(18,4)19(22)23-5/h13-14,18H,6-12H2,1-5H3/t18-,20+,21+/m0/s1. The predicted octanol–water partition coefficient (Wildman–Crippen LogP) is 5.44. The van der Waals surface area contributed by atoms with Crippen molar-refractivity contribution in [3.63, 3.8) is 0 Å². The maximum absolute atomic E-state index is 12.5. The van der Waals surface area contributed by atoms with Crippen LogP contribution in [0.15, 0.2) is 22.8 Å². The van der Waals surface area contributed by atoms with Gasteiger partial charge in [-0.3, -0.25) is 4.79 Å². The van der Waals surface area contributed by atoms with E-state index in [9.17, 15) is 4.79 Å². The maximum Gasteiger partial charge on any atom is 0.311 e. The van der Waals surface area contributed by atoms with Gasteiger partial charge in [0.05, 0.1) is 12.5 Å². The Morgan fingerprint density at radius 1 is 1.22 bits per heavy atom. The normalized spacial score (nSPS) is 37.1. The largest absolute Gasteiger partial charge is 0.469 e. The predicted molar refractivity (Wildman–Crippen MR) is 94.0 cm³/mol. The molecule has 0 aliphatic heterocycles. The second kappa shape index (κ2) is 5.79. The number of esters is 1. The minimum Gasteiger partial charge on any atom is -0.469 e. The zero-order valence-electron chi connectivity index (χ0n) is 15.5. The Kier molecular flexibility index (Phi) is 4.23. The summed E-state index contributed by atoms with van der Waals surface area (Å²) in [4.78, 5) is 12.5. The first-order valence-electron chi connectivity index (χ1n) is 9.34. The lowest BCUT2D eigenvalue weighted by atomic mass is 9.48. The van der Waals surface area contributed by atoms with Crippen LogP contribution in [-0.4, -0.2) is 13.1 Å². The molecule has 0 amide bonds. The molecule has 0 saturated heterocycles. The second-order valence-electron chi connectivity index (χ2n) is 8.65. The maximum atomic E-state index is 12.5. The SMILES string of the molecule is COC(=O)[C@]1(C)CCC[C@]2(C)C3=C(C=C(C(C)C)CC3)CC[C@H]12. The van der Waals surface area contributed by atoms with Gasteiger partial charge in [-0.05, 0) is 68.3 Å². The molecule has 0 bridgehead atoms. The molecule has 1 fully saturated rings. The van der Waals surface area contributed by atoms with Crippen molar-refractivity contribution in [1.29, 1.82) is 0 Å². The van der Waals surface area contributed by atoms with Gasteiger partial charge < -0.3 is 4.74 Å². The molecule has 0 unspecified atom stereocenters. The summed E-state index contributed by atoms with van der Waals surface area (Å²) in [6.07, 6.45) is 10.5. The molecule has 0 spiro atoms. The zero-order valence-corrected chi connectivity index (χ0v) is 15.5. The Bertz CT molecular complexity index is 568. The molecule has 2 heteroatoms. The van der Waals surface area contributed by atoms with E-state index in [4.69, 9.17) is 4.74 Å². The Balaban J connectivity index is 2.01. The minimum absolute atomic E-state index is 0.00620. The fourth-order valence-corrected chi connectivity index (χ4v) is 5.79. The Labute approximate surface area is 141 Å². The van der Waals surface area contributed by atoms with Gasteiger partial charge in [-0.25, -0.2) is 0 Å². The van der Waals surface area contributed by atoms with Crippen LogP contribution < -0.4 is 0 Å². The molecule has 0 heterocycles. The third-order valence-corrected chi connectivity index (χ3v) is 7.13. The van der Waals surface area contributed by atoms with Gasteiger partial charge in [0.1, 0.15) is 0 Å². The first kappa shape index (κ1) is 16.8. The lowest BCUT2D eigenvalue weighted by Crippen LogP contribution is -2.51. The number of carbonyl (C=O) groups is 1. The highest BCUT2D eigenvalue weighted by molar-refractivity contribution is 5.77. The van der Waals surface area contributed by atoms with E-state index in [1.807, 2.05) is 0 Å². The minimum atomic E-state index is -0.303. The van der Waals surface area contributed by atoms with E-state index < -0.39 is 0 Å². The first-order chi connectivity index (χ1) is 10.8. The molecule has 0 radical (unpaired) electrons. The average Bonchev–Trinajstić information content (AvgIpc) is 2.53. The number of allylic oxidation sites excluding steroid dienone is 4. The molecule has 3 aliphatic carbocycles. The van der Waals surface area contributed by atoms with E-state index in [1.54, 1.807) is 23.8 Å². The Hall–Kier alpha value is -1.05. The molecule has 2 nitrogen and oxygen atoms in total. The van der Waals surface area contributed by atoms with Crippen LogP contribution in [0.1, 0.15) is 72.6 Å². The van der Waals surface area contributed by atoms with E-state index >= 15 is 0 Å². The molecular weight excluding hydrogens is 284 g/mol. The smallest absolute Gasteiger partial charge is 0.311 e. The van der Waals surface area contributed by atoms with Crippen LogP contribution in [0.2, 0.25) is 0 Å². The van der Waals surface area contributed by atoms with Crippen molar-refractivity contribution in [1.82, 2.24) is 0 Å². The summed E-state index contributed by atoms with van der Waals surface area (Å²) in [6.45, 7) is 9.20. The highest BCUT2D eigenvalue weighted by Crippen LogP contribution is 2.61. The summed E-state index contributed by atoms with van der Waals surface area (Å²) in [5.74, 6) is 1.09. The van der Waals surface area contributed by atoms with Crippen LogP contribution in [0, 0.1) is 22.7 Å². The van der Waals surface area contributed by atoms with Crippen LogP contribution in [0.25, 0.3) is 0 Å². The molecule has 0 aromatic rings. The van der Waals surface area contributed by atoms with Gasteiger partial charge in [-0.15, -0.1) is 0 Å². The topological polar surface area (TPSA) is 26.3 Å². The summed E-state index contributed by atoms with van der Waals surface area (Å²) in [5.41, 5.74) is 4.74. The van der Waals surface area contributed by atoms with Crippen LogP contribution in [0.3, 0.4) is 0 Å². The van der Waals surface area contributed by atoms with Gasteiger partial charge >= 0.3 is 5.97 Å². The average molecular weight is 316 g/mol. The quantitative estimate of drug-likeness (QED) is 0.634. The molecule has 3 atom stereocenters. The molecule has 23 heavy (non-hydrogen) atoms. The summed E-state index contributed by atoms with van der Waals surface area (Å²) < 4.78 is 5.20. The third kappa shape index (κ3) is 2.49. The van der Waals surface area contributed by atoms with Crippen molar-refractivity contribution in [3.05, 3.63) is 22.8 Å². The molecule has 3 aliphatic rings. The van der Waals surface area contributed by atoms with Crippen molar-refractivity contribution in [2.24, 2.45) is 22.7 Å². The molecule has 128 valence electrons. The number of ether oxygens (including phenoxy) is 1. The number of rotatable bonds is 2. The number of methoxy groups -OCH3 is 1. The first-order valence-corrected chi connectivity index (χ1v) is 9.34. The fourth-order valence-electron chi connectivity index (χ4n) is 5.79. The molecule has 3 rings (SSSR count). The third-order valence-electron chi connectivity index (χ3n) is 7.13. The van der Waals surface area contributed by atoms with E-state index in [0.29, 0.717) is 11.8 Å². The van der Waals surface area contributed by atoms with E-state index in [2.05, 4.69) is 33.8 Å². The van der Waals surface area contributed by atoms with Crippen molar-refractivity contribution in [2.75, 3.05) is 7.11 Å². The van der Waals surface area contributed by atoms with E-state index in [0.717, 1.165) is 25.7 Å². The Morgan fingerprint density at radius 3 is 2.61 bits per heavy atom. The fraction of sp³-hybridized carbons (Fsp3) is 0.762. The van der Waals surface area contributed by atoms with Crippen molar-refractivity contribution in [2.45, 2.75) is 72.6 Å². The van der Waals surface area contributed by atoms with E-state index in [1.165, 1.54) is 19.3 Å². The lowest BCUT2D eigenvalue weighted by Gasteiger charge is -2.55. The summed E-state index contributed by atoms with van der Waals surface area (Å²) in [7, 11) is 1.55. The van der Waals surface area contributed by atoms with Gasteiger partial charge in [0, 0.05) is 0 Å². The molecule has 1 saturated carbocycles. The summed E-state index contributed by atoms with van der Waals surface area (Å²) in [6, 6.07) is 0. The number of fused-ring (bicyclic) bond motifs is 2. The van der Waals surface area contributed by atoms with Gasteiger partial charge in [-0.2, -0.15) is 0 Å². The van der Waals surface area contributed by atoms with Crippen LogP contribution in [0.5, 0.6) is 0 Å². The van der Waals surface area contributed by atoms with Gasteiger partial charge in [-0.1, -0.05) is 44.4 Å². The van der Waals surface area contributed by atoms with Crippen molar-refractivity contribution >= 4 is 5.97 Å². The number of carbonyl (C=O) groups excluding carboxylic acids is 1. The molecular formula is C21H32O2.